The number of hydrogen-bond donors (Lipinski definition) is 1. The second-order valence-electron chi connectivity index (χ2n) is 6.22. The SMILES string of the molecule is CCNCc1ccc(CN2CCC3CCC(C2)N3C)o1. The minimum Gasteiger partial charge on any atom is -0.463 e. The molecule has 0 aromatic carbocycles. The van der Waals surface area contributed by atoms with E-state index in [1.165, 1.54) is 32.4 Å². The third-order valence-electron chi connectivity index (χ3n) is 4.88. The summed E-state index contributed by atoms with van der Waals surface area (Å²) in [5.74, 6) is 2.16. The number of likely N-dealkylation sites (N-methyl/N-ethyl adjacent to an activating group) is 1. The lowest BCUT2D eigenvalue weighted by Crippen LogP contribution is -2.36. The predicted molar refractivity (Wildman–Crippen MR) is 80.6 cm³/mol. The van der Waals surface area contributed by atoms with E-state index in [9.17, 15) is 0 Å². The van der Waals surface area contributed by atoms with Crippen molar-refractivity contribution in [2.45, 2.75) is 51.4 Å². The Morgan fingerprint density at radius 3 is 2.85 bits per heavy atom. The summed E-state index contributed by atoms with van der Waals surface area (Å²) in [4.78, 5) is 5.16. The number of hydrogen-bond acceptors (Lipinski definition) is 4. The smallest absolute Gasteiger partial charge is 0.118 e. The summed E-state index contributed by atoms with van der Waals surface area (Å²) in [5.41, 5.74) is 0. The number of fused-ring (bicyclic) bond motifs is 2. The Bertz CT molecular complexity index is 431. The number of likely N-dealkylation sites (tertiary alicyclic amines) is 1. The Morgan fingerprint density at radius 2 is 2.00 bits per heavy atom. The van der Waals surface area contributed by atoms with Crippen molar-refractivity contribution < 1.29 is 4.42 Å². The van der Waals surface area contributed by atoms with Crippen molar-refractivity contribution in [2.75, 3.05) is 26.7 Å². The molecule has 0 spiro atoms. The summed E-state index contributed by atoms with van der Waals surface area (Å²) in [5, 5.41) is 3.31. The van der Waals surface area contributed by atoms with Gasteiger partial charge in [-0.15, -0.1) is 0 Å². The van der Waals surface area contributed by atoms with Crippen LogP contribution >= 0.6 is 0 Å². The minimum absolute atomic E-state index is 0.749. The quantitative estimate of drug-likeness (QED) is 0.893. The third kappa shape index (κ3) is 3.08. The lowest BCUT2D eigenvalue weighted by Gasteiger charge is -2.24. The van der Waals surface area contributed by atoms with Crippen LogP contribution in [-0.2, 0) is 13.1 Å². The van der Waals surface area contributed by atoms with E-state index in [0.29, 0.717) is 0 Å². The molecule has 2 aliphatic heterocycles. The van der Waals surface area contributed by atoms with Crippen LogP contribution in [0.15, 0.2) is 16.5 Å². The molecule has 0 aliphatic carbocycles. The van der Waals surface area contributed by atoms with Crippen molar-refractivity contribution in [3.63, 3.8) is 0 Å². The predicted octanol–water partition coefficient (Wildman–Crippen LogP) is 2.06. The highest BCUT2D eigenvalue weighted by atomic mass is 16.3. The second-order valence-corrected chi connectivity index (χ2v) is 6.22. The van der Waals surface area contributed by atoms with Crippen LogP contribution in [0.25, 0.3) is 0 Å². The monoisotopic (exact) mass is 277 g/mol. The molecule has 3 rings (SSSR count). The molecule has 2 bridgehead atoms. The zero-order valence-electron chi connectivity index (χ0n) is 12.8. The van der Waals surface area contributed by atoms with Gasteiger partial charge < -0.3 is 9.73 Å². The molecule has 2 atom stereocenters. The van der Waals surface area contributed by atoms with Crippen LogP contribution in [0.2, 0.25) is 0 Å². The topological polar surface area (TPSA) is 31.6 Å². The minimum atomic E-state index is 0.749. The molecule has 3 heterocycles. The average molecular weight is 277 g/mol. The molecular formula is C16H27N3O. The van der Waals surface area contributed by atoms with Gasteiger partial charge in [-0.3, -0.25) is 9.80 Å². The molecule has 2 unspecified atom stereocenters. The molecule has 20 heavy (non-hydrogen) atoms. The lowest BCUT2D eigenvalue weighted by atomic mass is 10.1. The highest BCUT2D eigenvalue weighted by Gasteiger charge is 2.34. The highest BCUT2D eigenvalue weighted by molar-refractivity contribution is 5.07. The van der Waals surface area contributed by atoms with Crippen LogP contribution in [-0.4, -0.2) is 48.6 Å². The molecule has 0 saturated carbocycles. The number of rotatable bonds is 5. The largest absolute Gasteiger partial charge is 0.463 e. The van der Waals surface area contributed by atoms with Crippen LogP contribution in [0.1, 0.15) is 37.7 Å². The molecular weight excluding hydrogens is 250 g/mol. The van der Waals surface area contributed by atoms with Crippen molar-refractivity contribution in [1.29, 1.82) is 0 Å². The molecule has 2 saturated heterocycles. The van der Waals surface area contributed by atoms with Gasteiger partial charge in [0.25, 0.3) is 0 Å². The van der Waals surface area contributed by atoms with Crippen LogP contribution in [0.4, 0.5) is 0 Å². The fourth-order valence-electron chi connectivity index (χ4n) is 3.59. The van der Waals surface area contributed by atoms with E-state index in [1.807, 2.05) is 0 Å². The molecule has 4 heteroatoms. The number of furan rings is 1. The van der Waals surface area contributed by atoms with Crippen LogP contribution < -0.4 is 5.32 Å². The summed E-state index contributed by atoms with van der Waals surface area (Å²) < 4.78 is 5.92. The highest BCUT2D eigenvalue weighted by Crippen LogP contribution is 2.29. The summed E-state index contributed by atoms with van der Waals surface area (Å²) >= 11 is 0. The standard InChI is InChI=1S/C16H27N3O/c1-3-17-10-15-6-7-16(20-15)12-19-9-8-13-4-5-14(11-19)18(13)2/h6-7,13-14,17H,3-5,8-12H2,1-2H3. The van der Waals surface area contributed by atoms with E-state index in [1.54, 1.807) is 0 Å². The summed E-state index contributed by atoms with van der Waals surface area (Å²) in [7, 11) is 2.30. The summed E-state index contributed by atoms with van der Waals surface area (Å²) in [6.45, 7) is 7.29. The first-order valence-electron chi connectivity index (χ1n) is 7.99. The van der Waals surface area contributed by atoms with Gasteiger partial charge in [0, 0.05) is 25.2 Å². The summed E-state index contributed by atoms with van der Waals surface area (Å²) in [6, 6.07) is 5.80. The van der Waals surface area contributed by atoms with Crippen molar-refractivity contribution >= 4 is 0 Å². The number of nitrogens with one attached hydrogen (secondary N) is 1. The van der Waals surface area contributed by atoms with Gasteiger partial charge in [0.05, 0.1) is 13.1 Å². The zero-order chi connectivity index (χ0) is 13.9. The Balaban J connectivity index is 1.56. The zero-order valence-corrected chi connectivity index (χ0v) is 12.8. The maximum absolute atomic E-state index is 5.92. The Kier molecular flexibility index (Phi) is 4.44. The van der Waals surface area contributed by atoms with Gasteiger partial charge in [-0.2, -0.15) is 0 Å². The van der Waals surface area contributed by atoms with E-state index in [0.717, 1.165) is 43.2 Å². The fourth-order valence-corrected chi connectivity index (χ4v) is 3.59. The van der Waals surface area contributed by atoms with Gasteiger partial charge in [-0.25, -0.2) is 0 Å². The van der Waals surface area contributed by atoms with Crippen LogP contribution in [0.3, 0.4) is 0 Å². The average Bonchev–Trinajstić information content (AvgIpc) is 2.96. The van der Waals surface area contributed by atoms with Crippen molar-refractivity contribution in [1.82, 2.24) is 15.1 Å². The Morgan fingerprint density at radius 1 is 1.20 bits per heavy atom. The first kappa shape index (κ1) is 14.1. The normalized spacial score (nSPS) is 27.9. The first-order valence-corrected chi connectivity index (χ1v) is 7.99. The van der Waals surface area contributed by atoms with E-state index < -0.39 is 0 Å². The Labute approximate surface area is 122 Å². The number of nitrogens with zero attached hydrogens (tertiary/aromatic N) is 2. The van der Waals surface area contributed by atoms with Gasteiger partial charge in [-0.05, 0) is 45.0 Å². The van der Waals surface area contributed by atoms with E-state index in [4.69, 9.17) is 4.42 Å². The van der Waals surface area contributed by atoms with Gasteiger partial charge >= 0.3 is 0 Å². The van der Waals surface area contributed by atoms with Crippen LogP contribution in [0, 0.1) is 0 Å². The molecule has 112 valence electrons. The van der Waals surface area contributed by atoms with Crippen LogP contribution in [0.5, 0.6) is 0 Å². The summed E-state index contributed by atoms with van der Waals surface area (Å²) in [6.07, 6.45) is 4.06. The van der Waals surface area contributed by atoms with Crippen molar-refractivity contribution in [2.24, 2.45) is 0 Å². The first-order chi connectivity index (χ1) is 9.76. The van der Waals surface area contributed by atoms with E-state index >= 15 is 0 Å². The second kappa shape index (κ2) is 6.29. The van der Waals surface area contributed by atoms with Crippen molar-refractivity contribution in [3.8, 4) is 0 Å². The Hall–Kier alpha value is -0.840. The van der Waals surface area contributed by atoms with Gasteiger partial charge in [0.15, 0.2) is 0 Å². The molecule has 0 amide bonds. The molecule has 2 fully saturated rings. The molecule has 2 aliphatic rings. The molecule has 0 radical (unpaired) electrons. The van der Waals surface area contributed by atoms with E-state index in [-0.39, 0.29) is 0 Å². The molecule has 1 aromatic heterocycles. The third-order valence-corrected chi connectivity index (χ3v) is 4.88. The fraction of sp³-hybridized carbons (Fsp3) is 0.750. The van der Waals surface area contributed by atoms with Gasteiger partial charge in [0.1, 0.15) is 11.5 Å². The van der Waals surface area contributed by atoms with Crippen molar-refractivity contribution in [3.05, 3.63) is 23.7 Å². The van der Waals surface area contributed by atoms with E-state index in [2.05, 4.69) is 41.2 Å². The van der Waals surface area contributed by atoms with Gasteiger partial charge in [-0.1, -0.05) is 6.92 Å². The van der Waals surface area contributed by atoms with Gasteiger partial charge in [0.2, 0.25) is 0 Å². The molecule has 1 N–H and O–H groups in total. The molecule has 4 nitrogen and oxygen atoms in total. The molecule has 1 aromatic rings. The lowest BCUT2D eigenvalue weighted by molar-refractivity contribution is 0.203. The maximum Gasteiger partial charge on any atom is 0.118 e. The maximum atomic E-state index is 5.92.